The van der Waals surface area contributed by atoms with Crippen LogP contribution in [0, 0.1) is 6.92 Å². The number of nitrogens with one attached hydrogen (secondary N) is 1. The van der Waals surface area contributed by atoms with Gasteiger partial charge in [-0.15, -0.1) is 0 Å². The Morgan fingerprint density at radius 1 is 1.28 bits per heavy atom. The molecule has 0 spiro atoms. The Balaban J connectivity index is 1.54. The van der Waals surface area contributed by atoms with E-state index in [9.17, 15) is 9.59 Å². The first-order chi connectivity index (χ1) is 12.0. The lowest BCUT2D eigenvalue weighted by molar-refractivity contribution is -0.119. The number of aryl methyl sites for hydroxylation is 1. The number of piperidine rings is 1. The third-order valence-corrected chi connectivity index (χ3v) is 4.22. The van der Waals surface area contributed by atoms with Crippen molar-refractivity contribution < 1.29 is 14.1 Å². The number of primary amides is 1. The van der Waals surface area contributed by atoms with Crippen molar-refractivity contribution in [2.45, 2.75) is 25.8 Å². The maximum Gasteiger partial charge on any atom is 0.257 e. The van der Waals surface area contributed by atoms with Crippen molar-refractivity contribution in [3.05, 3.63) is 35.7 Å². The zero-order valence-corrected chi connectivity index (χ0v) is 14.1. The van der Waals surface area contributed by atoms with Gasteiger partial charge in [0, 0.05) is 30.3 Å². The molecule has 1 aliphatic heterocycles. The molecule has 2 amide bonds. The number of nitrogens with zero attached hydrogens (tertiary/aromatic N) is 3. The van der Waals surface area contributed by atoms with Crippen LogP contribution in [0.1, 0.15) is 29.0 Å². The molecule has 25 heavy (non-hydrogen) atoms. The monoisotopic (exact) mass is 343 g/mol. The fourth-order valence-corrected chi connectivity index (χ4v) is 2.90. The lowest BCUT2D eigenvalue weighted by Gasteiger charge is -2.31. The largest absolute Gasteiger partial charge is 0.369 e. The van der Waals surface area contributed by atoms with E-state index in [1.54, 1.807) is 31.2 Å². The van der Waals surface area contributed by atoms with Crippen molar-refractivity contribution in [2.24, 2.45) is 5.73 Å². The number of carbonyl (C=O) groups excluding carboxylic acids is 2. The topological polar surface area (TPSA) is 114 Å². The van der Waals surface area contributed by atoms with Gasteiger partial charge >= 0.3 is 0 Å². The van der Waals surface area contributed by atoms with Gasteiger partial charge in [0.2, 0.25) is 5.91 Å². The third kappa shape index (κ3) is 4.42. The van der Waals surface area contributed by atoms with Crippen LogP contribution in [0.4, 0.5) is 0 Å². The SMILES string of the molecule is Cc1noc(-c2ccc(C(=O)NC3CCN(CC(N)=O)CC3)cc2)n1. The van der Waals surface area contributed by atoms with E-state index in [4.69, 9.17) is 10.3 Å². The van der Waals surface area contributed by atoms with Crippen LogP contribution in [0.5, 0.6) is 0 Å². The summed E-state index contributed by atoms with van der Waals surface area (Å²) in [5.74, 6) is 0.575. The molecular weight excluding hydrogens is 322 g/mol. The number of hydrogen-bond acceptors (Lipinski definition) is 6. The number of hydrogen-bond donors (Lipinski definition) is 2. The van der Waals surface area contributed by atoms with Crippen LogP contribution in [-0.2, 0) is 4.79 Å². The highest BCUT2D eigenvalue weighted by Crippen LogP contribution is 2.18. The Hall–Kier alpha value is -2.74. The molecule has 2 heterocycles. The molecule has 0 unspecified atom stereocenters. The minimum Gasteiger partial charge on any atom is -0.369 e. The Morgan fingerprint density at radius 2 is 1.96 bits per heavy atom. The maximum atomic E-state index is 12.4. The fourth-order valence-electron chi connectivity index (χ4n) is 2.90. The molecule has 2 aromatic rings. The van der Waals surface area contributed by atoms with Gasteiger partial charge in [0.05, 0.1) is 6.54 Å². The molecule has 0 radical (unpaired) electrons. The number of benzene rings is 1. The second-order valence-corrected chi connectivity index (χ2v) is 6.21. The van der Waals surface area contributed by atoms with Crippen LogP contribution in [0.25, 0.3) is 11.5 Å². The molecule has 8 heteroatoms. The summed E-state index contributed by atoms with van der Waals surface area (Å²) in [6.45, 7) is 3.54. The zero-order chi connectivity index (χ0) is 17.8. The summed E-state index contributed by atoms with van der Waals surface area (Å²) in [4.78, 5) is 29.5. The summed E-state index contributed by atoms with van der Waals surface area (Å²) in [6.07, 6.45) is 1.61. The lowest BCUT2D eigenvalue weighted by Crippen LogP contribution is -2.46. The first kappa shape index (κ1) is 17.1. The van der Waals surface area contributed by atoms with Crippen molar-refractivity contribution in [3.8, 4) is 11.5 Å². The molecule has 1 aromatic heterocycles. The van der Waals surface area contributed by atoms with Gasteiger partial charge in [-0.05, 0) is 44.0 Å². The average molecular weight is 343 g/mol. The van der Waals surface area contributed by atoms with Crippen molar-refractivity contribution in [1.82, 2.24) is 20.4 Å². The Labute approximate surface area is 145 Å². The summed E-state index contributed by atoms with van der Waals surface area (Å²) in [7, 11) is 0. The van der Waals surface area contributed by atoms with Crippen molar-refractivity contribution in [1.29, 1.82) is 0 Å². The maximum absolute atomic E-state index is 12.4. The first-order valence-corrected chi connectivity index (χ1v) is 8.23. The van der Waals surface area contributed by atoms with Crippen molar-refractivity contribution in [2.75, 3.05) is 19.6 Å². The van der Waals surface area contributed by atoms with Crippen LogP contribution >= 0.6 is 0 Å². The molecule has 1 aliphatic rings. The molecule has 0 bridgehead atoms. The smallest absolute Gasteiger partial charge is 0.257 e. The molecule has 8 nitrogen and oxygen atoms in total. The van der Waals surface area contributed by atoms with Gasteiger partial charge in [0.1, 0.15) is 0 Å². The first-order valence-electron chi connectivity index (χ1n) is 8.23. The van der Waals surface area contributed by atoms with E-state index < -0.39 is 0 Å². The van der Waals surface area contributed by atoms with Crippen molar-refractivity contribution in [3.63, 3.8) is 0 Å². The number of aromatic nitrogens is 2. The van der Waals surface area contributed by atoms with E-state index in [0.29, 0.717) is 17.3 Å². The van der Waals surface area contributed by atoms with Gasteiger partial charge < -0.3 is 15.6 Å². The Kier molecular flexibility index (Phi) is 5.08. The molecule has 0 atom stereocenters. The molecule has 1 fully saturated rings. The van der Waals surface area contributed by atoms with Gasteiger partial charge in [-0.1, -0.05) is 5.16 Å². The molecule has 132 valence electrons. The molecule has 3 rings (SSSR count). The highest BCUT2D eigenvalue weighted by Gasteiger charge is 2.22. The molecule has 0 saturated carbocycles. The number of likely N-dealkylation sites (tertiary alicyclic amines) is 1. The molecule has 1 aromatic carbocycles. The summed E-state index contributed by atoms with van der Waals surface area (Å²) in [5, 5.41) is 6.79. The zero-order valence-electron chi connectivity index (χ0n) is 14.1. The second-order valence-electron chi connectivity index (χ2n) is 6.21. The van der Waals surface area contributed by atoms with Crippen molar-refractivity contribution >= 4 is 11.8 Å². The molecule has 1 saturated heterocycles. The molecule has 3 N–H and O–H groups in total. The minimum atomic E-state index is -0.320. The quantitative estimate of drug-likeness (QED) is 0.827. The number of rotatable bonds is 5. The van der Waals surface area contributed by atoms with E-state index in [-0.39, 0.29) is 24.4 Å². The average Bonchev–Trinajstić information content (AvgIpc) is 3.03. The minimum absolute atomic E-state index is 0.106. The third-order valence-electron chi connectivity index (χ3n) is 4.22. The number of carbonyl (C=O) groups is 2. The summed E-state index contributed by atoms with van der Waals surface area (Å²) >= 11 is 0. The van der Waals surface area contributed by atoms with Gasteiger partial charge in [0.25, 0.3) is 11.8 Å². The molecule has 0 aliphatic carbocycles. The van der Waals surface area contributed by atoms with Gasteiger partial charge in [0.15, 0.2) is 5.82 Å². The number of nitrogens with two attached hydrogens (primary N) is 1. The van der Waals surface area contributed by atoms with Gasteiger partial charge in [-0.3, -0.25) is 14.5 Å². The van der Waals surface area contributed by atoms with E-state index in [1.807, 2.05) is 4.90 Å². The highest BCUT2D eigenvalue weighted by atomic mass is 16.5. The second kappa shape index (κ2) is 7.43. The fraction of sp³-hybridized carbons (Fsp3) is 0.412. The normalized spacial score (nSPS) is 15.9. The Bertz CT molecular complexity index is 748. The summed E-state index contributed by atoms with van der Waals surface area (Å²) in [5.41, 5.74) is 6.56. The van der Waals surface area contributed by atoms with Crippen LogP contribution < -0.4 is 11.1 Å². The van der Waals surface area contributed by atoms with E-state index in [2.05, 4.69) is 15.5 Å². The van der Waals surface area contributed by atoms with E-state index in [1.165, 1.54) is 0 Å². The van der Waals surface area contributed by atoms with E-state index >= 15 is 0 Å². The van der Waals surface area contributed by atoms with E-state index in [0.717, 1.165) is 31.5 Å². The molecular formula is C17H21N5O3. The van der Waals surface area contributed by atoms with Crippen LogP contribution in [0.3, 0.4) is 0 Å². The standard InChI is InChI=1S/C17H21N5O3/c1-11-19-17(25-21-11)13-4-2-12(3-5-13)16(24)20-14-6-8-22(9-7-14)10-15(18)23/h2-5,14H,6-10H2,1H3,(H2,18,23)(H,20,24). The van der Waals surface area contributed by atoms with Gasteiger partial charge in [-0.25, -0.2) is 0 Å². The van der Waals surface area contributed by atoms with Crippen LogP contribution in [0.15, 0.2) is 28.8 Å². The predicted octanol–water partition coefficient (Wildman–Crippen LogP) is 0.725. The summed E-state index contributed by atoms with van der Waals surface area (Å²) < 4.78 is 5.11. The number of amides is 2. The predicted molar refractivity (Wildman–Crippen MR) is 90.6 cm³/mol. The van der Waals surface area contributed by atoms with Gasteiger partial charge in [-0.2, -0.15) is 4.98 Å². The van der Waals surface area contributed by atoms with Crippen LogP contribution in [-0.4, -0.2) is 52.5 Å². The lowest BCUT2D eigenvalue weighted by atomic mass is 10.0. The Morgan fingerprint density at radius 3 is 2.52 bits per heavy atom. The summed E-state index contributed by atoms with van der Waals surface area (Å²) in [6, 6.07) is 7.17. The van der Waals surface area contributed by atoms with Crippen LogP contribution in [0.2, 0.25) is 0 Å². The highest BCUT2D eigenvalue weighted by molar-refractivity contribution is 5.94.